The molecule has 0 bridgehead atoms. The Morgan fingerprint density at radius 1 is 0.889 bits per heavy atom. The van der Waals surface area contributed by atoms with Gasteiger partial charge < -0.3 is 23.9 Å². The van der Waals surface area contributed by atoms with Gasteiger partial charge in [-0.05, 0) is 101 Å². The van der Waals surface area contributed by atoms with Gasteiger partial charge in [0.2, 0.25) is 5.82 Å². The number of hydrogen-bond acceptors (Lipinski definition) is 11. The van der Waals surface area contributed by atoms with E-state index in [-0.39, 0.29) is 17.0 Å². The second-order valence-corrected chi connectivity index (χ2v) is 12.7. The molecule has 13 nitrogen and oxygen atoms in total. The fourth-order valence-electron chi connectivity index (χ4n) is 6.47. The van der Waals surface area contributed by atoms with Crippen molar-refractivity contribution >= 4 is 22.6 Å². The predicted molar refractivity (Wildman–Crippen MR) is 202 cm³/mol. The van der Waals surface area contributed by atoms with Gasteiger partial charge in [0.25, 0.3) is 5.91 Å². The smallest absolute Gasteiger partial charge is 0.291 e. The number of rotatable bonds is 11. The number of aromatic nitrogens is 5. The van der Waals surface area contributed by atoms with Crippen LogP contribution in [0.15, 0.2) is 119 Å². The van der Waals surface area contributed by atoms with Crippen molar-refractivity contribution in [3.05, 3.63) is 142 Å². The van der Waals surface area contributed by atoms with Crippen LogP contribution in [-0.2, 0) is 19.4 Å². The molecule has 8 rings (SSSR count). The third-order valence-electron chi connectivity index (χ3n) is 9.30. The largest absolute Gasteiger partial charge is 0.493 e. The van der Waals surface area contributed by atoms with Crippen LogP contribution in [0.3, 0.4) is 0 Å². The average Bonchev–Trinajstić information content (AvgIpc) is 3.71. The first kappa shape index (κ1) is 34.2. The van der Waals surface area contributed by atoms with Crippen molar-refractivity contribution in [1.82, 2.24) is 30.1 Å². The molecule has 0 radical (unpaired) electrons. The molecule has 4 aromatic carbocycles. The second-order valence-electron chi connectivity index (χ2n) is 12.7. The first-order chi connectivity index (χ1) is 26.4. The lowest BCUT2D eigenvalue weighted by molar-refractivity contribution is 0.0997. The van der Waals surface area contributed by atoms with E-state index >= 15 is 0 Å². The van der Waals surface area contributed by atoms with E-state index in [4.69, 9.17) is 18.6 Å². The zero-order valence-electron chi connectivity index (χ0n) is 29.6. The molecule has 1 aliphatic heterocycles. The molecule has 0 aliphatic carbocycles. The van der Waals surface area contributed by atoms with Crippen LogP contribution < -0.4 is 25.0 Å². The van der Waals surface area contributed by atoms with E-state index in [2.05, 4.69) is 54.9 Å². The molecule has 0 atom stereocenters. The maximum absolute atomic E-state index is 13.4. The Balaban J connectivity index is 0.999. The zero-order chi connectivity index (χ0) is 37.0. The molecule has 0 saturated heterocycles. The lowest BCUT2D eigenvalue weighted by Crippen LogP contribution is -2.32. The first-order valence-electron chi connectivity index (χ1n) is 17.4. The molecule has 7 aromatic rings. The fourth-order valence-corrected chi connectivity index (χ4v) is 6.47. The van der Waals surface area contributed by atoms with Crippen molar-refractivity contribution in [2.45, 2.75) is 19.4 Å². The van der Waals surface area contributed by atoms with Gasteiger partial charge in [-0.25, -0.2) is 0 Å². The number of benzene rings is 4. The zero-order valence-corrected chi connectivity index (χ0v) is 29.6. The first-order valence-corrected chi connectivity index (χ1v) is 17.4. The molecule has 3 aromatic heterocycles. The number of pyridine rings is 1. The molecule has 0 fully saturated rings. The molecule has 1 amide bonds. The topological polar surface area (TPSA) is 147 Å². The van der Waals surface area contributed by atoms with E-state index < -0.39 is 5.91 Å². The average molecular weight is 722 g/mol. The Morgan fingerprint density at radius 2 is 1.70 bits per heavy atom. The highest BCUT2D eigenvalue weighted by molar-refractivity contribution is 6.05. The van der Waals surface area contributed by atoms with Crippen LogP contribution in [0.5, 0.6) is 23.0 Å². The predicted octanol–water partition coefficient (Wildman–Crippen LogP) is 6.49. The maximum atomic E-state index is 13.4. The van der Waals surface area contributed by atoms with Gasteiger partial charge in [0.05, 0.1) is 42.7 Å². The number of methoxy groups -OCH3 is 2. The molecular formula is C41H35N7O6. The van der Waals surface area contributed by atoms with Gasteiger partial charge in [0, 0.05) is 31.9 Å². The number of para-hydroxylation sites is 1. The van der Waals surface area contributed by atoms with Crippen molar-refractivity contribution in [1.29, 1.82) is 0 Å². The molecule has 0 saturated carbocycles. The minimum Gasteiger partial charge on any atom is -0.493 e. The van der Waals surface area contributed by atoms with Crippen molar-refractivity contribution in [3.8, 4) is 40.1 Å². The van der Waals surface area contributed by atoms with Gasteiger partial charge in [-0.3, -0.25) is 19.5 Å². The summed E-state index contributed by atoms with van der Waals surface area (Å²) in [5, 5.41) is 16.6. The highest BCUT2D eigenvalue weighted by Crippen LogP contribution is 2.34. The summed E-state index contributed by atoms with van der Waals surface area (Å²) in [6.45, 7) is 2.74. The SMILES string of the molecule is COc1cc2c(cc1OC)CN(CCc1ccc(-n3nnc(-c4cc(Oc5cccnc5)ccc4NC(=O)c4cc(=O)c5ccccc5o4)n3)cc1)CC2. The van der Waals surface area contributed by atoms with E-state index in [9.17, 15) is 9.59 Å². The molecule has 270 valence electrons. The summed E-state index contributed by atoms with van der Waals surface area (Å²) in [4.78, 5) is 34.1. The number of nitrogens with zero attached hydrogens (tertiary/aromatic N) is 6. The van der Waals surface area contributed by atoms with Crippen LogP contribution in [-0.4, -0.2) is 63.3 Å². The molecule has 13 heteroatoms. The van der Waals surface area contributed by atoms with Crippen molar-refractivity contribution < 1.29 is 23.4 Å². The quantitative estimate of drug-likeness (QED) is 0.156. The molecule has 1 aliphatic rings. The number of ether oxygens (including phenoxy) is 3. The van der Waals surface area contributed by atoms with E-state index in [0.29, 0.717) is 33.7 Å². The van der Waals surface area contributed by atoms with E-state index in [1.807, 2.05) is 12.1 Å². The van der Waals surface area contributed by atoms with Gasteiger partial charge >= 0.3 is 0 Å². The summed E-state index contributed by atoms with van der Waals surface area (Å²) in [7, 11) is 3.33. The van der Waals surface area contributed by atoms with Gasteiger partial charge in [-0.1, -0.05) is 24.3 Å². The van der Waals surface area contributed by atoms with E-state index in [0.717, 1.165) is 49.7 Å². The Labute approximate surface area is 309 Å². The number of carbonyl (C=O) groups excluding carboxylic acids is 1. The third kappa shape index (κ3) is 7.25. The number of fused-ring (bicyclic) bond motifs is 2. The van der Waals surface area contributed by atoms with Crippen molar-refractivity contribution in [3.63, 3.8) is 0 Å². The monoisotopic (exact) mass is 721 g/mol. The standard InChI is InChI=1S/C41H35N7O6/c1-51-37-20-27-16-19-47(25-28(27)21-38(37)52-2)18-15-26-9-11-29(12-10-26)48-45-40(44-46-48)33-22-30(53-31-6-5-17-42-24-31)13-14-34(33)43-41(50)39-23-35(49)32-7-3-4-8-36(32)54-39/h3-14,17,20-24H,15-16,18-19,25H2,1-2H3,(H,43,50). The number of hydrogen-bond donors (Lipinski definition) is 1. The summed E-state index contributed by atoms with van der Waals surface area (Å²) in [6, 6.07) is 28.8. The van der Waals surface area contributed by atoms with Crippen LogP contribution in [0, 0.1) is 0 Å². The third-order valence-corrected chi connectivity index (χ3v) is 9.30. The minimum atomic E-state index is -0.614. The normalized spacial score (nSPS) is 12.6. The van der Waals surface area contributed by atoms with Crippen LogP contribution in [0.1, 0.15) is 27.2 Å². The van der Waals surface area contributed by atoms with Gasteiger partial charge in [0.15, 0.2) is 22.7 Å². The molecule has 4 heterocycles. The Bertz CT molecular complexity index is 2520. The highest BCUT2D eigenvalue weighted by atomic mass is 16.5. The Hall–Kier alpha value is -6.86. The van der Waals surface area contributed by atoms with Crippen molar-refractivity contribution in [2.24, 2.45) is 0 Å². The van der Waals surface area contributed by atoms with E-state index in [1.165, 1.54) is 27.6 Å². The number of anilines is 1. The Morgan fingerprint density at radius 3 is 2.50 bits per heavy atom. The lowest BCUT2D eigenvalue weighted by Gasteiger charge is -2.29. The summed E-state index contributed by atoms with van der Waals surface area (Å²) < 4.78 is 22.8. The number of tetrazole rings is 1. The molecule has 54 heavy (non-hydrogen) atoms. The van der Waals surface area contributed by atoms with Gasteiger partial charge in [-0.2, -0.15) is 0 Å². The lowest BCUT2D eigenvalue weighted by atomic mass is 9.98. The van der Waals surface area contributed by atoms with Crippen LogP contribution in [0.25, 0.3) is 28.0 Å². The summed E-state index contributed by atoms with van der Waals surface area (Å²) in [5.41, 5.74) is 5.26. The maximum Gasteiger partial charge on any atom is 0.291 e. The Kier molecular flexibility index (Phi) is 9.52. The molecular weight excluding hydrogens is 686 g/mol. The minimum absolute atomic E-state index is 0.136. The second kappa shape index (κ2) is 15.0. The highest BCUT2D eigenvalue weighted by Gasteiger charge is 2.21. The number of carbonyl (C=O) groups is 1. The van der Waals surface area contributed by atoms with Gasteiger partial charge in [0.1, 0.15) is 17.1 Å². The van der Waals surface area contributed by atoms with Crippen LogP contribution in [0.2, 0.25) is 0 Å². The number of nitrogens with one attached hydrogen (secondary N) is 1. The molecule has 0 spiro atoms. The molecule has 0 unspecified atom stereocenters. The number of amides is 1. The molecule has 1 N–H and O–H groups in total. The summed E-state index contributed by atoms with van der Waals surface area (Å²) in [6.07, 6.45) is 5.08. The van der Waals surface area contributed by atoms with Crippen LogP contribution in [0.4, 0.5) is 5.69 Å². The van der Waals surface area contributed by atoms with E-state index in [1.54, 1.807) is 81.2 Å². The van der Waals surface area contributed by atoms with Crippen molar-refractivity contribution in [2.75, 3.05) is 32.6 Å². The van der Waals surface area contributed by atoms with Gasteiger partial charge in [-0.15, -0.1) is 15.0 Å². The summed E-state index contributed by atoms with van der Waals surface area (Å²) >= 11 is 0. The fraction of sp³-hybridized carbons (Fsp3) is 0.171. The summed E-state index contributed by atoms with van der Waals surface area (Å²) in [5.74, 6) is 2.00. The van der Waals surface area contributed by atoms with Crippen LogP contribution >= 0.6 is 0 Å².